The second-order valence-corrected chi connectivity index (χ2v) is 11.0. The molecule has 0 bridgehead atoms. The predicted octanol–water partition coefficient (Wildman–Crippen LogP) is 5.91. The Balaban J connectivity index is 1.41. The van der Waals surface area contributed by atoms with Crippen LogP contribution < -0.4 is 10.6 Å². The third kappa shape index (κ3) is 5.13. The number of nitrogens with zero attached hydrogens (tertiary/aromatic N) is 2. The van der Waals surface area contributed by atoms with Crippen LogP contribution in [0.2, 0.25) is 0 Å². The van der Waals surface area contributed by atoms with E-state index in [1.54, 1.807) is 55.7 Å². The molecule has 0 atom stereocenters. The zero-order valence-electron chi connectivity index (χ0n) is 25.0. The number of aromatic nitrogens is 2. The largest absolute Gasteiger partial charge is 0.455 e. The lowest BCUT2D eigenvalue weighted by Crippen LogP contribution is -2.65. The normalized spacial score (nSPS) is 15.0. The lowest BCUT2D eigenvalue weighted by molar-refractivity contribution is -0.282. The van der Waals surface area contributed by atoms with Gasteiger partial charge in [0.2, 0.25) is 0 Å². The molecule has 0 unspecified atom stereocenters. The lowest BCUT2D eigenvalue weighted by Gasteiger charge is -2.53. The van der Waals surface area contributed by atoms with Crippen LogP contribution >= 0.6 is 0 Å². The summed E-state index contributed by atoms with van der Waals surface area (Å²) in [4.78, 5) is 35.5. The van der Waals surface area contributed by atoms with Crippen molar-refractivity contribution >= 4 is 22.8 Å². The van der Waals surface area contributed by atoms with Crippen LogP contribution in [0.5, 0.6) is 0 Å². The minimum Gasteiger partial charge on any atom is -0.455 e. The first-order valence-electron chi connectivity index (χ1n) is 14.2. The van der Waals surface area contributed by atoms with Crippen molar-refractivity contribution < 1.29 is 32.3 Å². The number of carbonyl (C=O) groups is 2. The van der Waals surface area contributed by atoms with Crippen LogP contribution in [0, 0.1) is 18.6 Å². The van der Waals surface area contributed by atoms with E-state index in [-0.39, 0.29) is 46.3 Å². The number of furan rings is 1. The molecule has 0 aliphatic heterocycles. The van der Waals surface area contributed by atoms with Gasteiger partial charge in [0, 0.05) is 63.2 Å². The first-order chi connectivity index (χ1) is 21.6. The molecule has 5 aromatic rings. The Morgan fingerprint density at radius 1 is 0.911 bits per heavy atom. The molecule has 0 radical (unpaired) electrons. The second-order valence-electron chi connectivity index (χ2n) is 11.0. The summed E-state index contributed by atoms with van der Waals surface area (Å²) in [6.45, 7) is 1.80. The Kier molecular flexibility index (Phi) is 7.67. The maximum atomic E-state index is 16.5. The van der Waals surface area contributed by atoms with Crippen molar-refractivity contribution in [3.63, 3.8) is 0 Å². The predicted molar refractivity (Wildman–Crippen MR) is 162 cm³/mol. The van der Waals surface area contributed by atoms with Crippen molar-refractivity contribution in [2.75, 3.05) is 21.3 Å². The van der Waals surface area contributed by atoms with E-state index in [4.69, 9.17) is 13.9 Å². The number of nitrogens with one attached hydrogen (secondary N) is 2. The monoisotopic (exact) mass is 612 g/mol. The van der Waals surface area contributed by atoms with Gasteiger partial charge in [-0.3, -0.25) is 9.59 Å². The summed E-state index contributed by atoms with van der Waals surface area (Å²) in [5, 5.41) is 5.59. The van der Waals surface area contributed by atoms with Crippen molar-refractivity contribution in [1.29, 1.82) is 0 Å². The summed E-state index contributed by atoms with van der Waals surface area (Å²) in [6.07, 6.45) is 3.77. The first kappa shape index (κ1) is 30.0. The van der Waals surface area contributed by atoms with E-state index in [0.29, 0.717) is 22.5 Å². The van der Waals surface area contributed by atoms with Crippen LogP contribution in [0.25, 0.3) is 33.4 Å². The number of carbonyl (C=O) groups excluding carboxylic acids is 2. The Bertz CT molecular complexity index is 1910. The molecule has 1 fully saturated rings. The maximum Gasteiger partial charge on any atom is 0.255 e. The standard InChI is InChI=1S/C34H30F2N4O5/c1-19-6-7-21(30(41)40-33(32-38-14-5-15-39-32)17-34(18-33,43-3)44-4)16-24(19)23-12-13-25-26(28(23)36)27(31(42)37-2)29(45-25)20-8-10-22(35)11-9-20/h5-16H,17-18H2,1-4H3,(H,37,42)(H,40,41). The van der Waals surface area contributed by atoms with Crippen LogP contribution in [0.15, 0.2) is 77.5 Å². The highest BCUT2D eigenvalue weighted by molar-refractivity contribution is 6.12. The zero-order valence-corrected chi connectivity index (χ0v) is 25.0. The van der Waals surface area contributed by atoms with E-state index in [2.05, 4.69) is 20.6 Å². The molecular weight excluding hydrogens is 582 g/mol. The van der Waals surface area contributed by atoms with E-state index in [9.17, 15) is 14.0 Å². The molecule has 11 heteroatoms. The number of hydrogen-bond acceptors (Lipinski definition) is 7. The molecule has 0 saturated heterocycles. The van der Waals surface area contributed by atoms with Gasteiger partial charge in [-0.15, -0.1) is 0 Å². The topological polar surface area (TPSA) is 116 Å². The quantitative estimate of drug-likeness (QED) is 0.209. The molecule has 2 aromatic heterocycles. The molecule has 6 rings (SSSR count). The summed E-state index contributed by atoms with van der Waals surface area (Å²) >= 11 is 0. The van der Waals surface area contributed by atoms with E-state index in [0.717, 1.165) is 0 Å². The molecule has 1 aliphatic carbocycles. The SMILES string of the molecule is CNC(=O)c1c(-c2ccc(F)cc2)oc2ccc(-c3cc(C(=O)NC4(c5ncccn5)CC(OC)(OC)C4)ccc3C)c(F)c12. The van der Waals surface area contributed by atoms with Gasteiger partial charge >= 0.3 is 0 Å². The van der Waals surface area contributed by atoms with Crippen LogP contribution in [0.1, 0.15) is 44.9 Å². The summed E-state index contributed by atoms with van der Waals surface area (Å²) in [5.74, 6) is -2.50. The van der Waals surface area contributed by atoms with Gasteiger partial charge in [0.1, 0.15) is 28.5 Å². The van der Waals surface area contributed by atoms with Gasteiger partial charge in [-0.2, -0.15) is 0 Å². The highest BCUT2D eigenvalue weighted by atomic mass is 19.1. The third-order valence-electron chi connectivity index (χ3n) is 8.38. The van der Waals surface area contributed by atoms with Crippen molar-refractivity contribution in [3.8, 4) is 22.5 Å². The fourth-order valence-electron chi connectivity index (χ4n) is 5.94. The summed E-state index contributed by atoms with van der Waals surface area (Å²) in [7, 11) is 4.51. The van der Waals surface area contributed by atoms with Crippen molar-refractivity contribution in [2.24, 2.45) is 0 Å². The average Bonchev–Trinajstić information content (AvgIpc) is 3.44. The van der Waals surface area contributed by atoms with Gasteiger partial charge < -0.3 is 24.5 Å². The van der Waals surface area contributed by atoms with Gasteiger partial charge in [0.25, 0.3) is 11.8 Å². The van der Waals surface area contributed by atoms with Gasteiger partial charge in [0.05, 0.1) is 10.9 Å². The number of hydrogen-bond donors (Lipinski definition) is 2. The fourth-order valence-corrected chi connectivity index (χ4v) is 5.94. The van der Waals surface area contributed by atoms with E-state index < -0.39 is 34.8 Å². The van der Waals surface area contributed by atoms with Crippen LogP contribution in [0.4, 0.5) is 8.78 Å². The molecule has 45 heavy (non-hydrogen) atoms. The van der Waals surface area contributed by atoms with Crippen molar-refractivity contribution in [3.05, 3.63) is 107 Å². The second kappa shape index (κ2) is 11.5. The minimum atomic E-state index is -0.949. The fraction of sp³-hybridized carbons (Fsp3) is 0.235. The molecule has 1 saturated carbocycles. The number of benzene rings is 3. The number of fused-ring (bicyclic) bond motifs is 1. The molecule has 2 N–H and O–H groups in total. The minimum absolute atomic E-state index is 0.0143. The third-order valence-corrected chi connectivity index (χ3v) is 8.38. The van der Waals surface area contributed by atoms with Crippen molar-refractivity contribution in [1.82, 2.24) is 20.6 Å². The Labute approximate surface area is 257 Å². The Hall–Kier alpha value is -5.00. The number of rotatable bonds is 8. The van der Waals surface area contributed by atoms with E-state index >= 15 is 4.39 Å². The van der Waals surface area contributed by atoms with Crippen LogP contribution in [-0.2, 0) is 15.0 Å². The molecular formula is C34H30F2N4O5. The molecule has 0 spiro atoms. The van der Waals surface area contributed by atoms with E-state index in [1.807, 2.05) is 0 Å². The molecule has 3 aromatic carbocycles. The maximum absolute atomic E-state index is 16.5. The highest BCUT2D eigenvalue weighted by Crippen LogP contribution is 2.50. The first-order valence-corrected chi connectivity index (χ1v) is 14.2. The molecule has 9 nitrogen and oxygen atoms in total. The molecule has 2 amide bonds. The lowest BCUT2D eigenvalue weighted by atomic mass is 9.70. The number of ether oxygens (including phenoxy) is 2. The highest BCUT2D eigenvalue weighted by Gasteiger charge is 2.59. The van der Waals surface area contributed by atoms with Crippen LogP contribution in [-0.4, -0.2) is 48.8 Å². The van der Waals surface area contributed by atoms with Gasteiger partial charge in [0.15, 0.2) is 11.6 Å². The van der Waals surface area contributed by atoms with Crippen molar-refractivity contribution in [2.45, 2.75) is 31.1 Å². The average molecular weight is 613 g/mol. The van der Waals surface area contributed by atoms with E-state index in [1.165, 1.54) is 45.5 Å². The number of aryl methyl sites for hydroxylation is 1. The van der Waals surface area contributed by atoms with Crippen LogP contribution in [0.3, 0.4) is 0 Å². The molecule has 230 valence electrons. The number of methoxy groups -OCH3 is 2. The van der Waals surface area contributed by atoms with Gasteiger partial charge in [-0.05, 0) is 72.6 Å². The Morgan fingerprint density at radius 2 is 1.60 bits per heavy atom. The summed E-state index contributed by atoms with van der Waals surface area (Å²) in [5.41, 5.74) is 1.22. The number of halogens is 2. The zero-order chi connectivity index (χ0) is 31.9. The Morgan fingerprint density at radius 3 is 2.24 bits per heavy atom. The van der Waals surface area contributed by atoms with Gasteiger partial charge in [-0.25, -0.2) is 18.7 Å². The molecule has 1 aliphatic rings. The smallest absolute Gasteiger partial charge is 0.255 e. The van der Waals surface area contributed by atoms with Gasteiger partial charge in [-0.1, -0.05) is 6.07 Å². The number of amides is 2. The summed E-state index contributed by atoms with van der Waals surface area (Å²) in [6, 6.07) is 15.2. The summed E-state index contributed by atoms with van der Waals surface area (Å²) < 4.78 is 47.2. The molecule has 2 heterocycles.